The highest BCUT2D eigenvalue weighted by molar-refractivity contribution is 6.30. The number of halogens is 1. The van der Waals surface area contributed by atoms with E-state index >= 15 is 0 Å². The number of rotatable bonds is 8. The lowest BCUT2D eigenvalue weighted by Gasteiger charge is -2.36. The van der Waals surface area contributed by atoms with Gasteiger partial charge in [-0.1, -0.05) is 44.0 Å². The van der Waals surface area contributed by atoms with Crippen LogP contribution in [0, 0.1) is 0 Å². The van der Waals surface area contributed by atoms with Crippen molar-refractivity contribution in [2.24, 2.45) is 5.73 Å². The fourth-order valence-electron chi connectivity index (χ4n) is 2.44. The molecular formula is C16H27ClN2. The molecule has 0 saturated carbocycles. The van der Waals surface area contributed by atoms with Crippen molar-refractivity contribution >= 4 is 11.6 Å². The van der Waals surface area contributed by atoms with E-state index in [9.17, 15) is 0 Å². The van der Waals surface area contributed by atoms with Crippen LogP contribution in [0.2, 0.25) is 5.02 Å². The Labute approximate surface area is 122 Å². The summed E-state index contributed by atoms with van der Waals surface area (Å²) in [6, 6.07) is 8.90. The summed E-state index contributed by atoms with van der Waals surface area (Å²) in [5.74, 6) is 0. The average Bonchev–Trinajstić information content (AvgIpc) is 2.42. The van der Waals surface area contributed by atoms with Gasteiger partial charge in [-0.15, -0.1) is 0 Å². The first-order chi connectivity index (χ1) is 9.13. The lowest BCUT2D eigenvalue weighted by molar-refractivity contribution is 0.141. The second kappa shape index (κ2) is 8.57. The second-order valence-electron chi connectivity index (χ2n) is 5.16. The van der Waals surface area contributed by atoms with Gasteiger partial charge in [-0.25, -0.2) is 0 Å². The molecule has 19 heavy (non-hydrogen) atoms. The van der Waals surface area contributed by atoms with Crippen molar-refractivity contribution in [3.05, 3.63) is 34.9 Å². The van der Waals surface area contributed by atoms with Crippen LogP contribution < -0.4 is 5.73 Å². The molecule has 0 bridgehead atoms. The van der Waals surface area contributed by atoms with Crippen LogP contribution in [0.5, 0.6) is 0 Å². The number of nitrogens with two attached hydrogens (primary N) is 1. The minimum atomic E-state index is 0.264. The summed E-state index contributed by atoms with van der Waals surface area (Å²) in [5.41, 5.74) is 7.26. The van der Waals surface area contributed by atoms with Gasteiger partial charge in [0.2, 0.25) is 0 Å². The molecule has 2 N–H and O–H groups in total. The highest BCUT2D eigenvalue weighted by Gasteiger charge is 2.22. The fourth-order valence-corrected chi connectivity index (χ4v) is 2.63. The number of benzene rings is 1. The minimum absolute atomic E-state index is 0.264. The van der Waals surface area contributed by atoms with Gasteiger partial charge in [0.25, 0.3) is 0 Å². The number of nitrogens with zero attached hydrogens (tertiary/aromatic N) is 1. The quantitative estimate of drug-likeness (QED) is 0.773. The lowest BCUT2D eigenvalue weighted by Crippen LogP contribution is -2.40. The summed E-state index contributed by atoms with van der Waals surface area (Å²) in [6.45, 7) is 8.47. The van der Waals surface area contributed by atoms with Crippen molar-refractivity contribution < 1.29 is 0 Å². The molecule has 0 radical (unpaired) electrons. The van der Waals surface area contributed by atoms with Crippen LogP contribution >= 0.6 is 11.6 Å². The van der Waals surface area contributed by atoms with Crippen molar-refractivity contribution in [2.75, 3.05) is 13.1 Å². The zero-order valence-corrected chi connectivity index (χ0v) is 13.2. The fraction of sp³-hybridized carbons (Fsp3) is 0.625. The standard InChI is InChI=1S/C16H27ClN2/c1-4-6-10-19(13(3)5-2)16(12-18)14-8-7-9-15(17)11-14/h7-9,11,13,16H,4-6,10,12,18H2,1-3H3. The van der Waals surface area contributed by atoms with Gasteiger partial charge in [0.15, 0.2) is 0 Å². The topological polar surface area (TPSA) is 29.3 Å². The maximum absolute atomic E-state index is 6.11. The molecule has 108 valence electrons. The summed E-state index contributed by atoms with van der Waals surface area (Å²) < 4.78 is 0. The minimum Gasteiger partial charge on any atom is -0.329 e. The first-order valence-corrected chi connectivity index (χ1v) is 7.73. The van der Waals surface area contributed by atoms with Crippen LogP contribution in [0.15, 0.2) is 24.3 Å². The summed E-state index contributed by atoms with van der Waals surface area (Å²) in [4.78, 5) is 2.52. The van der Waals surface area contributed by atoms with Crippen LogP contribution in [0.3, 0.4) is 0 Å². The van der Waals surface area contributed by atoms with Crippen LogP contribution in [0.4, 0.5) is 0 Å². The van der Waals surface area contributed by atoms with Crippen molar-refractivity contribution in [3.8, 4) is 0 Å². The van der Waals surface area contributed by atoms with Crippen molar-refractivity contribution in [3.63, 3.8) is 0 Å². The summed E-state index contributed by atoms with van der Waals surface area (Å²) in [5, 5.41) is 0.788. The average molecular weight is 283 g/mol. The van der Waals surface area contributed by atoms with Gasteiger partial charge in [-0.2, -0.15) is 0 Å². The molecule has 2 atom stereocenters. The van der Waals surface area contributed by atoms with Crippen molar-refractivity contribution in [1.82, 2.24) is 4.90 Å². The number of hydrogen-bond donors (Lipinski definition) is 1. The molecule has 1 rings (SSSR count). The zero-order valence-electron chi connectivity index (χ0n) is 12.4. The molecule has 0 aliphatic carbocycles. The molecule has 0 spiro atoms. The first-order valence-electron chi connectivity index (χ1n) is 7.35. The Kier molecular flexibility index (Phi) is 7.44. The normalized spacial score (nSPS) is 14.6. The van der Waals surface area contributed by atoms with E-state index < -0.39 is 0 Å². The molecule has 0 heterocycles. The van der Waals surface area contributed by atoms with E-state index in [-0.39, 0.29) is 6.04 Å². The summed E-state index contributed by atoms with van der Waals surface area (Å²) in [7, 11) is 0. The van der Waals surface area contributed by atoms with Crippen LogP contribution in [-0.2, 0) is 0 Å². The Balaban J connectivity index is 2.94. The summed E-state index contributed by atoms with van der Waals surface area (Å²) in [6.07, 6.45) is 3.56. The molecule has 3 heteroatoms. The van der Waals surface area contributed by atoms with Gasteiger partial charge in [-0.3, -0.25) is 4.90 Å². The van der Waals surface area contributed by atoms with Gasteiger partial charge in [0, 0.05) is 23.7 Å². The predicted molar refractivity (Wildman–Crippen MR) is 84.6 cm³/mol. The third-order valence-electron chi connectivity index (χ3n) is 3.78. The Hall–Kier alpha value is -0.570. The van der Waals surface area contributed by atoms with Gasteiger partial charge < -0.3 is 5.73 Å². The van der Waals surface area contributed by atoms with E-state index in [1.54, 1.807) is 0 Å². The van der Waals surface area contributed by atoms with Crippen LogP contribution in [0.25, 0.3) is 0 Å². The zero-order chi connectivity index (χ0) is 14.3. The maximum Gasteiger partial charge on any atom is 0.0473 e. The molecular weight excluding hydrogens is 256 g/mol. The Morgan fingerprint density at radius 2 is 2.05 bits per heavy atom. The van der Waals surface area contributed by atoms with Crippen LogP contribution in [-0.4, -0.2) is 24.0 Å². The smallest absolute Gasteiger partial charge is 0.0473 e. The highest BCUT2D eigenvalue weighted by Crippen LogP contribution is 2.25. The molecule has 0 amide bonds. The van der Waals surface area contributed by atoms with Gasteiger partial charge in [-0.05, 0) is 44.0 Å². The van der Waals surface area contributed by atoms with Gasteiger partial charge in [0.05, 0.1) is 0 Å². The van der Waals surface area contributed by atoms with E-state index in [1.807, 2.05) is 18.2 Å². The molecule has 0 aliphatic rings. The van der Waals surface area contributed by atoms with Gasteiger partial charge >= 0.3 is 0 Å². The molecule has 1 aromatic rings. The molecule has 1 aromatic carbocycles. The van der Waals surface area contributed by atoms with E-state index in [1.165, 1.54) is 18.4 Å². The number of hydrogen-bond acceptors (Lipinski definition) is 2. The Morgan fingerprint density at radius 3 is 2.58 bits per heavy atom. The third-order valence-corrected chi connectivity index (χ3v) is 4.02. The number of unbranched alkanes of at least 4 members (excludes halogenated alkanes) is 1. The van der Waals surface area contributed by atoms with E-state index in [4.69, 9.17) is 17.3 Å². The van der Waals surface area contributed by atoms with E-state index in [0.29, 0.717) is 12.6 Å². The molecule has 2 unspecified atom stereocenters. The molecule has 0 aromatic heterocycles. The maximum atomic E-state index is 6.11. The molecule has 0 aliphatic heterocycles. The van der Waals surface area contributed by atoms with Gasteiger partial charge in [0.1, 0.15) is 0 Å². The molecule has 2 nitrogen and oxygen atoms in total. The van der Waals surface area contributed by atoms with E-state index in [0.717, 1.165) is 18.0 Å². The highest BCUT2D eigenvalue weighted by atomic mass is 35.5. The monoisotopic (exact) mass is 282 g/mol. The van der Waals surface area contributed by atoms with Crippen molar-refractivity contribution in [2.45, 2.75) is 52.1 Å². The molecule has 0 saturated heterocycles. The largest absolute Gasteiger partial charge is 0.329 e. The molecule has 0 fully saturated rings. The predicted octanol–water partition coefficient (Wildman–Crippen LogP) is 4.24. The lowest BCUT2D eigenvalue weighted by atomic mass is 10.0. The van der Waals surface area contributed by atoms with Crippen LogP contribution in [0.1, 0.15) is 51.6 Å². The first kappa shape index (κ1) is 16.5. The Bertz CT molecular complexity index is 368. The SMILES string of the molecule is CCCCN(C(C)CC)C(CN)c1cccc(Cl)c1. The van der Waals surface area contributed by atoms with Crippen molar-refractivity contribution in [1.29, 1.82) is 0 Å². The summed E-state index contributed by atoms with van der Waals surface area (Å²) >= 11 is 6.11. The third kappa shape index (κ3) is 4.79. The van der Waals surface area contributed by atoms with E-state index in [2.05, 4.69) is 31.7 Å². The Morgan fingerprint density at radius 1 is 1.32 bits per heavy atom. The second-order valence-corrected chi connectivity index (χ2v) is 5.59.